The van der Waals surface area contributed by atoms with Gasteiger partial charge in [-0.3, -0.25) is 9.36 Å². The van der Waals surface area contributed by atoms with Gasteiger partial charge in [-0.05, 0) is 51.1 Å². The standard InChI is InChI=1S/C17H17ClN4O/c1-10(2)20-17(23)12-6-7-13(18)15(9-12)22-11(3)21-14-5-4-8-19-16(14)22/h4-10H,1-3H3,(H,20,23). The Labute approximate surface area is 139 Å². The molecule has 0 saturated heterocycles. The molecule has 1 aromatic carbocycles. The third kappa shape index (κ3) is 2.92. The van der Waals surface area contributed by atoms with Crippen LogP contribution in [0.2, 0.25) is 5.02 Å². The van der Waals surface area contributed by atoms with Crippen LogP contribution in [0.25, 0.3) is 16.9 Å². The number of nitrogens with zero attached hydrogens (tertiary/aromatic N) is 3. The van der Waals surface area contributed by atoms with Crippen LogP contribution in [0.1, 0.15) is 30.0 Å². The minimum atomic E-state index is -0.132. The number of hydrogen-bond donors (Lipinski definition) is 1. The SMILES string of the molecule is Cc1nc2cccnc2n1-c1cc(C(=O)NC(C)C)ccc1Cl. The lowest BCUT2D eigenvalue weighted by atomic mass is 10.1. The predicted octanol–water partition coefficient (Wildman–Crippen LogP) is 3.52. The summed E-state index contributed by atoms with van der Waals surface area (Å²) in [6.07, 6.45) is 1.71. The van der Waals surface area contributed by atoms with E-state index in [1.54, 1.807) is 24.4 Å². The largest absolute Gasteiger partial charge is 0.350 e. The van der Waals surface area contributed by atoms with E-state index in [9.17, 15) is 4.79 Å². The molecule has 118 valence electrons. The molecule has 0 radical (unpaired) electrons. The molecule has 3 rings (SSSR count). The maximum atomic E-state index is 12.2. The van der Waals surface area contributed by atoms with Crippen LogP contribution >= 0.6 is 11.6 Å². The quantitative estimate of drug-likeness (QED) is 0.800. The van der Waals surface area contributed by atoms with E-state index in [1.807, 2.05) is 37.5 Å². The lowest BCUT2D eigenvalue weighted by molar-refractivity contribution is 0.0943. The Morgan fingerprint density at radius 3 is 2.83 bits per heavy atom. The molecular weight excluding hydrogens is 312 g/mol. The topological polar surface area (TPSA) is 59.8 Å². The van der Waals surface area contributed by atoms with Gasteiger partial charge >= 0.3 is 0 Å². The van der Waals surface area contributed by atoms with E-state index < -0.39 is 0 Å². The normalized spacial score (nSPS) is 11.2. The molecular formula is C17H17ClN4O. The minimum Gasteiger partial charge on any atom is -0.350 e. The summed E-state index contributed by atoms with van der Waals surface area (Å²) >= 11 is 6.36. The van der Waals surface area contributed by atoms with Gasteiger partial charge in [0.05, 0.1) is 10.7 Å². The van der Waals surface area contributed by atoms with E-state index in [2.05, 4.69) is 15.3 Å². The molecule has 2 aromatic heterocycles. The molecule has 0 aliphatic carbocycles. The van der Waals surface area contributed by atoms with Crippen molar-refractivity contribution in [2.24, 2.45) is 0 Å². The summed E-state index contributed by atoms with van der Waals surface area (Å²) < 4.78 is 1.86. The summed E-state index contributed by atoms with van der Waals surface area (Å²) in [5.74, 6) is 0.634. The number of benzene rings is 1. The summed E-state index contributed by atoms with van der Waals surface area (Å²) in [7, 11) is 0. The van der Waals surface area contributed by atoms with Crippen LogP contribution in [0.15, 0.2) is 36.5 Å². The molecule has 0 bridgehead atoms. The molecule has 0 aliphatic heterocycles. The number of hydrogen-bond acceptors (Lipinski definition) is 3. The number of pyridine rings is 1. The molecule has 23 heavy (non-hydrogen) atoms. The first-order chi connectivity index (χ1) is 11.0. The summed E-state index contributed by atoms with van der Waals surface area (Å²) in [4.78, 5) is 21.1. The number of rotatable bonds is 3. The van der Waals surface area contributed by atoms with Crippen molar-refractivity contribution in [2.75, 3.05) is 0 Å². The molecule has 0 atom stereocenters. The molecule has 0 aliphatic rings. The highest BCUT2D eigenvalue weighted by molar-refractivity contribution is 6.32. The summed E-state index contributed by atoms with van der Waals surface area (Å²) in [5.41, 5.74) is 2.75. The van der Waals surface area contributed by atoms with Crippen molar-refractivity contribution in [3.63, 3.8) is 0 Å². The Balaban J connectivity index is 2.15. The van der Waals surface area contributed by atoms with Gasteiger partial charge in [-0.1, -0.05) is 11.6 Å². The minimum absolute atomic E-state index is 0.0686. The molecule has 6 heteroatoms. The van der Waals surface area contributed by atoms with E-state index in [0.717, 1.165) is 11.3 Å². The van der Waals surface area contributed by atoms with Crippen LogP contribution < -0.4 is 5.32 Å². The van der Waals surface area contributed by atoms with Crippen molar-refractivity contribution in [3.05, 3.63) is 52.9 Å². The molecule has 1 N–H and O–H groups in total. The van der Waals surface area contributed by atoms with Crippen LogP contribution in [-0.2, 0) is 0 Å². The monoisotopic (exact) mass is 328 g/mol. The van der Waals surface area contributed by atoms with Gasteiger partial charge < -0.3 is 5.32 Å². The van der Waals surface area contributed by atoms with Gasteiger partial charge in [0.2, 0.25) is 0 Å². The summed E-state index contributed by atoms with van der Waals surface area (Å²) in [6.45, 7) is 5.73. The molecule has 0 unspecified atom stereocenters. The first kappa shape index (κ1) is 15.5. The van der Waals surface area contributed by atoms with E-state index in [1.165, 1.54) is 0 Å². The van der Waals surface area contributed by atoms with Crippen LogP contribution in [-0.4, -0.2) is 26.5 Å². The Bertz CT molecular complexity index is 885. The third-order valence-electron chi connectivity index (χ3n) is 3.45. The molecule has 0 fully saturated rings. The fourth-order valence-corrected chi connectivity index (χ4v) is 2.69. The van der Waals surface area contributed by atoms with Gasteiger partial charge in [-0.15, -0.1) is 0 Å². The highest BCUT2D eigenvalue weighted by Crippen LogP contribution is 2.26. The van der Waals surface area contributed by atoms with Gasteiger partial charge in [0, 0.05) is 17.8 Å². The molecule has 1 amide bonds. The lowest BCUT2D eigenvalue weighted by Gasteiger charge is -2.12. The third-order valence-corrected chi connectivity index (χ3v) is 3.77. The van der Waals surface area contributed by atoms with Crippen molar-refractivity contribution in [1.29, 1.82) is 0 Å². The van der Waals surface area contributed by atoms with E-state index in [0.29, 0.717) is 21.9 Å². The number of aromatic nitrogens is 3. The Kier molecular flexibility index (Phi) is 4.05. The van der Waals surface area contributed by atoms with Gasteiger partial charge in [0.15, 0.2) is 5.65 Å². The number of aryl methyl sites for hydroxylation is 1. The van der Waals surface area contributed by atoms with Crippen molar-refractivity contribution >= 4 is 28.7 Å². The Morgan fingerprint density at radius 1 is 1.30 bits per heavy atom. The Morgan fingerprint density at radius 2 is 2.09 bits per heavy atom. The maximum absolute atomic E-state index is 12.2. The molecule has 0 spiro atoms. The van der Waals surface area contributed by atoms with E-state index in [-0.39, 0.29) is 11.9 Å². The first-order valence-corrected chi connectivity index (χ1v) is 7.76. The second-order valence-corrected chi connectivity index (χ2v) is 6.04. The van der Waals surface area contributed by atoms with Gasteiger partial charge in [0.25, 0.3) is 5.91 Å². The van der Waals surface area contributed by atoms with Gasteiger partial charge in [-0.25, -0.2) is 9.97 Å². The predicted molar refractivity (Wildman–Crippen MR) is 91.2 cm³/mol. The van der Waals surface area contributed by atoms with Crippen LogP contribution in [0.5, 0.6) is 0 Å². The molecule has 0 saturated carbocycles. The lowest BCUT2D eigenvalue weighted by Crippen LogP contribution is -2.30. The number of nitrogens with one attached hydrogen (secondary N) is 1. The fraction of sp³-hybridized carbons (Fsp3) is 0.235. The highest BCUT2D eigenvalue weighted by Gasteiger charge is 2.15. The van der Waals surface area contributed by atoms with Crippen LogP contribution in [0, 0.1) is 6.92 Å². The van der Waals surface area contributed by atoms with Crippen molar-refractivity contribution < 1.29 is 4.79 Å². The molecule has 5 nitrogen and oxygen atoms in total. The molecule has 2 heterocycles. The van der Waals surface area contributed by atoms with Crippen molar-refractivity contribution in [3.8, 4) is 5.69 Å². The number of imidazole rings is 1. The first-order valence-electron chi connectivity index (χ1n) is 7.38. The number of carbonyl (C=O) groups excluding carboxylic acids is 1. The van der Waals surface area contributed by atoms with Gasteiger partial charge in [0.1, 0.15) is 11.3 Å². The number of halogens is 1. The zero-order valence-electron chi connectivity index (χ0n) is 13.2. The second-order valence-electron chi connectivity index (χ2n) is 5.63. The Hall–Kier alpha value is -2.40. The average molecular weight is 329 g/mol. The van der Waals surface area contributed by atoms with Crippen LogP contribution in [0.4, 0.5) is 0 Å². The zero-order chi connectivity index (χ0) is 16.6. The van der Waals surface area contributed by atoms with Crippen molar-refractivity contribution in [2.45, 2.75) is 26.8 Å². The van der Waals surface area contributed by atoms with Crippen LogP contribution in [0.3, 0.4) is 0 Å². The van der Waals surface area contributed by atoms with Crippen molar-refractivity contribution in [1.82, 2.24) is 19.9 Å². The molecule has 3 aromatic rings. The summed E-state index contributed by atoms with van der Waals surface area (Å²) in [6, 6.07) is 9.01. The van der Waals surface area contributed by atoms with E-state index >= 15 is 0 Å². The zero-order valence-corrected chi connectivity index (χ0v) is 13.9. The second kappa shape index (κ2) is 6.01. The smallest absolute Gasteiger partial charge is 0.251 e. The number of fused-ring (bicyclic) bond motifs is 1. The summed E-state index contributed by atoms with van der Waals surface area (Å²) in [5, 5.41) is 3.42. The average Bonchev–Trinajstić information content (AvgIpc) is 2.83. The number of carbonyl (C=O) groups is 1. The number of amides is 1. The maximum Gasteiger partial charge on any atom is 0.251 e. The highest BCUT2D eigenvalue weighted by atomic mass is 35.5. The van der Waals surface area contributed by atoms with Gasteiger partial charge in [-0.2, -0.15) is 0 Å². The van der Waals surface area contributed by atoms with E-state index in [4.69, 9.17) is 11.6 Å². The fourth-order valence-electron chi connectivity index (χ4n) is 2.48.